The van der Waals surface area contributed by atoms with Crippen LogP contribution in [-0.2, 0) is 13.0 Å². The highest BCUT2D eigenvalue weighted by Gasteiger charge is 2.13. The summed E-state index contributed by atoms with van der Waals surface area (Å²) in [5.41, 5.74) is 3.77. The lowest BCUT2D eigenvalue weighted by Gasteiger charge is -2.11. The van der Waals surface area contributed by atoms with Crippen LogP contribution in [0.25, 0.3) is 11.0 Å². The minimum Gasteiger partial charge on any atom is -0.496 e. The molecule has 0 radical (unpaired) electrons. The molecule has 4 rings (SSSR count). The number of methoxy groups -OCH3 is 1. The number of nitrogens with zero attached hydrogens (tertiary/aromatic N) is 2. The molecule has 0 atom stereocenters. The number of para-hydroxylation sites is 3. The molecule has 1 heterocycles. The summed E-state index contributed by atoms with van der Waals surface area (Å²) in [7, 11) is 1.57. The Labute approximate surface area is 199 Å². The number of aromatic nitrogens is 2. The maximum Gasteiger partial charge on any atom is 0.255 e. The molecular formula is C27H28ClN3O2. The van der Waals surface area contributed by atoms with Crippen molar-refractivity contribution < 1.29 is 9.53 Å². The average Bonchev–Trinajstić information content (AvgIpc) is 3.19. The molecule has 0 bridgehead atoms. The van der Waals surface area contributed by atoms with Gasteiger partial charge in [0.05, 0.1) is 30.3 Å². The molecule has 5 nitrogen and oxygen atoms in total. The van der Waals surface area contributed by atoms with E-state index in [1.165, 1.54) is 0 Å². The number of rotatable bonds is 10. The number of aryl methyl sites for hydroxylation is 1. The zero-order valence-electron chi connectivity index (χ0n) is 18.8. The number of hydrogen-bond donors (Lipinski definition) is 1. The Balaban J connectivity index is 1.33. The normalized spacial score (nSPS) is 11.0. The number of amides is 1. The van der Waals surface area contributed by atoms with E-state index in [9.17, 15) is 4.79 Å². The number of carbonyl (C=O) groups is 1. The smallest absolute Gasteiger partial charge is 0.255 e. The number of carbonyl (C=O) groups excluding carboxylic acids is 1. The van der Waals surface area contributed by atoms with Gasteiger partial charge in [0.25, 0.3) is 5.91 Å². The first-order valence-electron chi connectivity index (χ1n) is 11.3. The van der Waals surface area contributed by atoms with Gasteiger partial charge in [0.15, 0.2) is 0 Å². The Bertz CT molecular complexity index is 1240. The lowest BCUT2D eigenvalue weighted by molar-refractivity contribution is 0.0950. The number of ether oxygens (including phenoxy) is 1. The number of imidazole rings is 1. The fraction of sp³-hybridized carbons (Fsp3) is 0.259. The Morgan fingerprint density at radius 2 is 1.73 bits per heavy atom. The number of fused-ring (bicyclic) bond motifs is 1. The minimum absolute atomic E-state index is 0.103. The van der Waals surface area contributed by atoms with E-state index in [-0.39, 0.29) is 5.91 Å². The zero-order valence-corrected chi connectivity index (χ0v) is 19.5. The van der Waals surface area contributed by atoms with E-state index >= 15 is 0 Å². The molecule has 3 aromatic carbocycles. The van der Waals surface area contributed by atoms with Gasteiger partial charge in [-0.3, -0.25) is 4.79 Å². The van der Waals surface area contributed by atoms with Gasteiger partial charge in [-0.25, -0.2) is 4.98 Å². The predicted octanol–water partition coefficient (Wildman–Crippen LogP) is 5.89. The van der Waals surface area contributed by atoms with E-state index < -0.39 is 0 Å². The summed E-state index contributed by atoms with van der Waals surface area (Å²) in [5.74, 6) is 1.55. The molecule has 0 unspecified atom stereocenters. The molecule has 0 spiro atoms. The van der Waals surface area contributed by atoms with Crippen LogP contribution in [0.15, 0.2) is 72.8 Å². The van der Waals surface area contributed by atoms with Crippen LogP contribution >= 0.6 is 11.6 Å². The Morgan fingerprint density at radius 1 is 0.970 bits per heavy atom. The van der Waals surface area contributed by atoms with E-state index in [0.717, 1.165) is 53.1 Å². The molecule has 6 heteroatoms. The molecule has 4 aromatic rings. The molecule has 0 aliphatic rings. The average molecular weight is 462 g/mol. The van der Waals surface area contributed by atoms with Crippen molar-refractivity contribution in [3.8, 4) is 5.75 Å². The van der Waals surface area contributed by atoms with E-state index in [1.807, 2.05) is 42.5 Å². The maximum atomic E-state index is 12.4. The fourth-order valence-electron chi connectivity index (χ4n) is 4.00. The predicted molar refractivity (Wildman–Crippen MR) is 133 cm³/mol. The summed E-state index contributed by atoms with van der Waals surface area (Å²) >= 11 is 6.42. The van der Waals surface area contributed by atoms with Gasteiger partial charge in [-0.15, -0.1) is 0 Å². The van der Waals surface area contributed by atoms with Crippen LogP contribution < -0.4 is 10.1 Å². The third-order valence-corrected chi connectivity index (χ3v) is 6.10. The highest BCUT2D eigenvalue weighted by atomic mass is 35.5. The lowest BCUT2D eigenvalue weighted by Crippen LogP contribution is -2.24. The van der Waals surface area contributed by atoms with Gasteiger partial charge in [0, 0.05) is 18.0 Å². The van der Waals surface area contributed by atoms with Crippen molar-refractivity contribution in [3.05, 3.63) is 94.8 Å². The highest BCUT2D eigenvalue weighted by Crippen LogP contribution is 2.23. The van der Waals surface area contributed by atoms with Crippen LogP contribution in [0.2, 0.25) is 5.02 Å². The van der Waals surface area contributed by atoms with Crippen LogP contribution in [0.5, 0.6) is 5.75 Å². The summed E-state index contributed by atoms with van der Waals surface area (Å²) in [6.07, 6.45) is 3.78. The van der Waals surface area contributed by atoms with Gasteiger partial charge < -0.3 is 14.6 Å². The van der Waals surface area contributed by atoms with Gasteiger partial charge in [-0.2, -0.15) is 0 Å². The lowest BCUT2D eigenvalue weighted by atomic mass is 10.1. The first kappa shape index (κ1) is 22.9. The number of benzene rings is 3. The van der Waals surface area contributed by atoms with Gasteiger partial charge in [0.1, 0.15) is 11.6 Å². The molecule has 0 fully saturated rings. The topological polar surface area (TPSA) is 56.1 Å². The molecule has 170 valence electrons. The molecule has 1 aromatic heterocycles. The van der Waals surface area contributed by atoms with Crippen LogP contribution in [0.4, 0.5) is 0 Å². The Kier molecular flexibility index (Phi) is 7.63. The third-order valence-electron chi connectivity index (χ3n) is 5.73. The molecule has 0 aliphatic heterocycles. The van der Waals surface area contributed by atoms with Gasteiger partial charge in [-0.1, -0.05) is 60.5 Å². The van der Waals surface area contributed by atoms with Crippen molar-refractivity contribution in [1.29, 1.82) is 0 Å². The molecular weight excluding hydrogens is 434 g/mol. The van der Waals surface area contributed by atoms with Gasteiger partial charge in [0.2, 0.25) is 0 Å². The van der Waals surface area contributed by atoms with Crippen molar-refractivity contribution in [1.82, 2.24) is 14.9 Å². The summed E-state index contributed by atoms with van der Waals surface area (Å²) in [6, 6.07) is 23.4. The quantitative estimate of drug-likeness (QED) is 0.299. The number of halogens is 1. The van der Waals surface area contributed by atoms with E-state index in [2.05, 4.69) is 28.1 Å². The summed E-state index contributed by atoms with van der Waals surface area (Å²) in [5, 5.41) is 3.76. The van der Waals surface area contributed by atoms with E-state index in [4.69, 9.17) is 21.3 Å². The van der Waals surface area contributed by atoms with Crippen molar-refractivity contribution in [2.24, 2.45) is 0 Å². The molecule has 1 N–H and O–H groups in total. The standard InChI is InChI=1S/C27H28ClN3O2/c1-33-25-16-9-5-12-21(25)27(32)29-18-10-2-3-17-26-30-23-14-7-8-15-24(23)31(26)19-20-11-4-6-13-22(20)28/h4-9,11-16H,2-3,10,17-19H2,1H3,(H,29,32). The van der Waals surface area contributed by atoms with Crippen molar-refractivity contribution in [3.63, 3.8) is 0 Å². The van der Waals surface area contributed by atoms with Crippen molar-refractivity contribution in [2.45, 2.75) is 32.2 Å². The molecule has 33 heavy (non-hydrogen) atoms. The van der Waals surface area contributed by atoms with Crippen LogP contribution in [0.1, 0.15) is 41.0 Å². The second-order valence-corrected chi connectivity index (χ2v) is 8.37. The monoisotopic (exact) mass is 461 g/mol. The Morgan fingerprint density at radius 3 is 2.58 bits per heavy atom. The van der Waals surface area contributed by atoms with Crippen molar-refractivity contribution >= 4 is 28.5 Å². The number of nitrogens with one attached hydrogen (secondary N) is 1. The van der Waals surface area contributed by atoms with E-state index in [1.54, 1.807) is 19.2 Å². The fourth-order valence-corrected chi connectivity index (χ4v) is 4.20. The van der Waals surface area contributed by atoms with Gasteiger partial charge in [-0.05, 0) is 48.7 Å². The highest BCUT2D eigenvalue weighted by molar-refractivity contribution is 6.31. The molecule has 1 amide bonds. The second-order valence-electron chi connectivity index (χ2n) is 7.96. The summed E-state index contributed by atoms with van der Waals surface area (Å²) in [6.45, 7) is 1.33. The first-order valence-corrected chi connectivity index (χ1v) is 11.6. The van der Waals surface area contributed by atoms with Crippen LogP contribution in [0, 0.1) is 0 Å². The Hall–Kier alpha value is -3.31. The number of hydrogen-bond acceptors (Lipinski definition) is 3. The SMILES string of the molecule is COc1ccccc1C(=O)NCCCCCc1nc2ccccc2n1Cc1ccccc1Cl. The summed E-state index contributed by atoms with van der Waals surface area (Å²) in [4.78, 5) is 17.3. The minimum atomic E-state index is -0.103. The molecule has 0 aliphatic carbocycles. The van der Waals surface area contributed by atoms with Gasteiger partial charge >= 0.3 is 0 Å². The zero-order chi connectivity index (χ0) is 23.0. The number of unbranched alkanes of at least 4 members (excludes halogenated alkanes) is 2. The van der Waals surface area contributed by atoms with Crippen molar-refractivity contribution in [2.75, 3.05) is 13.7 Å². The summed E-state index contributed by atoms with van der Waals surface area (Å²) < 4.78 is 7.53. The second kappa shape index (κ2) is 11.0. The molecule has 0 saturated heterocycles. The van der Waals surface area contributed by atoms with Crippen LogP contribution in [0.3, 0.4) is 0 Å². The van der Waals surface area contributed by atoms with Crippen LogP contribution in [-0.4, -0.2) is 29.1 Å². The third kappa shape index (κ3) is 5.55. The first-order chi connectivity index (χ1) is 16.2. The molecule has 0 saturated carbocycles. The van der Waals surface area contributed by atoms with E-state index in [0.29, 0.717) is 24.4 Å². The largest absolute Gasteiger partial charge is 0.496 e. The maximum absolute atomic E-state index is 12.4.